The zero-order chi connectivity index (χ0) is 7.49. The van der Waals surface area contributed by atoms with Gasteiger partial charge in [0, 0.05) is 0 Å². The highest BCUT2D eigenvalue weighted by atomic mass is 16.4. The highest BCUT2D eigenvalue weighted by molar-refractivity contribution is 5.78. The van der Waals surface area contributed by atoms with Gasteiger partial charge in [-0.15, -0.1) is 0 Å². The van der Waals surface area contributed by atoms with Crippen molar-refractivity contribution in [1.82, 2.24) is 0 Å². The van der Waals surface area contributed by atoms with Crippen LogP contribution < -0.4 is 5.73 Å². The molecule has 0 aliphatic rings. The first-order valence-corrected chi connectivity index (χ1v) is 2.70. The van der Waals surface area contributed by atoms with Gasteiger partial charge in [-0.2, -0.15) is 0 Å². The molecule has 4 nitrogen and oxygen atoms in total. The van der Waals surface area contributed by atoms with Gasteiger partial charge in [0.2, 0.25) is 0 Å². The van der Waals surface area contributed by atoms with Crippen molar-refractivity contribution < 1.29 is 15.0 Å². The molecule has 0 bridgehead atoms. The molecule has 0 aliphatic carbocycles. The maximum atomic E-state index is 10.2. The number of aliphatic hydroxyl groups is 1. The number of aliphatic carboxylic acids is 1. The third-order valence-corrected chi connectivity index (χ3v) is 1.34. The van der Waals surface area contributed by atoms with E-state index in [1.165, 1.54) is 0 Å². The molecule has 1 atom stereocenters. The van der Waals surface area contributed by atoms with Crippen LogP contribution in [0.4, 0.5) is 0 Å². The van der Waals surface area contributed by atoms with Crippen LogP contribution in [0.25, 0.3) is 0 Å². The molecule has 0 fully saturated rings. The molecule has 0 aromatic carbocycles. The lowest BCUT2D eigenvalue weighted by Crippen LogP contribution is -2.50. The number of hydrogen-bond donors (Lipinski definition) is 3. The second-order valence-corrected chi connectivity index (χ2v) is 1.97. The van der Waals surface area contributed by atoms with E-state index in [-0.39, 0.29) is 6.42 Å². The van der Waals surface area contributed by atoms with Crippen molar-refractivity contribution >= 4 is 5.97 Å². The molecule has 0 radical (unpaired) electrons. The fraction of sp³-hybridized carbons (Fsp3) is 0.800. The minimum Gasteiger partial charge on any atom is -0.480 e. The highest BCUT2D eigenvalue weighted by Gasteiger charge is 2.30. The molecule has 4 N–H and O–H groups in total. The number of carboxylic acid groups (broad SMARTS) is 1. The summed E-state index contributed by atoms with van der Waals surface area (Å²) in [4.78, 5) is 10.2. The van der Waals surface area contributed by atoms with Crippen LogP contribution in [0, 0.1) is 0 Å². The molecule has 0 aromatic rings. The lowest BCUT2D eigenvalue weighted by atomic mass is 10.00. The van der Waals surface area contributed by atoms with E-state index in [1.807, 2.05) is 0 Å². The van der Waals surface area contributed by atoms with Crippen LogP contribution in [0.15, 0.2) is 0 Å². The topological polar surface area (TPSA) is 83.5 Å². The molecule has 9 heavy (non-hydrogen) atoms. The molecular weight excluding hydrogens is 122 g/mol. The summed E-state index contributed by atoms with van der Waals surface area (Å²) in [6.45, 7) is 1.10. The second-order valence-electron chi connectivity index (χ2n) is 1.97. The maximum Gasteiger partial charge on any atom is 0.326 e. The third-order valence-electron chi connectivity index (χ3n) is 1.34. The summed E-state index contributed by atoms with van der Waals surface area (Å²) in [6, 6.07) is 0. The Labute approximate surface area is 53.3 Å². The molecular formula is C5H11NO3. The predicted molar refractivity (Wildman–Crippen MR) is 31.9 cm³/mol. The Morgan fingerprint density at radius 2 is 2.22 bits per heavy atom. The van der Waals surface area contributed by atoms with Gasteiger partial charge in [-0.3, -0.25) is 4.79 Å². The van der Waals surface area contributed by atoms with Crippen LogP contribution >= 0.6 is 0 Å². The summed E-state index contributed by atoms with van der Waals surface area (Å²) in [5.74, 6) is -1.16. The second kappa shape index (κ2) is 2.80. The van der Waals surface area contributed by atoms with E-state index >= 15 is 0 Å². The fourth-order valence-corrected chi connectivity index (χ4v) is 0.331. The van der Waals surface area contributed by atoms with Crippen LogP contribution in [-0.2, 0) is 4.79 Å². The summed E-state index contributed by atoms with van der Waals surface area (Å²) < 4.78 is 0. The number of carbonyl (C=O) groups is 1. The molecule has 4 heteroatoms. The van der Waals surface area contributed by atoms with Gasteiger partial charge in [0.25, 0.3) is 0 Å². The van der Waals surface area contributed by atoms with Crippen LogP contribution in [0.3, 0.4) is 0 Å². The van der Waals surface area contributed by atoms with E-state index in [2.05, 4.69) is 0 Å². The van der Waals surface area contributed by atoms with Gasteiger partial charge >= 0.3 is 5.97 Å². The molecule has 0 spiro atoms. The van der Waals surface area contributed by atoms with Crippen molar-refractivity contribution in [2.24, 2.45) is 5.73 Å². The van der Waals surface area contributed by atoms with E-state index in [9.17, 15) is 4.79 Å². The minimum atomic E-state index is -1.44. The molecule has 0 aliphatic heterocycles. The first kappa shape index (κ1) is 8.39. The number of rotatable bonds is 3. The van der Waals surface area contributed by atoms with Crippen molar-refractivity contribution in [2.75, 3.05) is 6.61 Å². The van der Waals surface area contributed by atoms with Crippen LogP contribution in [0.1, 0.15) is 13.3 Å². The van der Waals surface area contributed by atoms with Gasteiger partial charge in [0.05, 0.1) is 6.61 Å². The maximum absolute atomic E-state index is 10.2. The zero-order valence-electron chi connectivity index (χ0n) is 5.29. The summed E-state index contributed by atoms with van der Waals surface area (Å²) in [5, 5.41) is 16.8. The lowest BCUT2D eigenvalue weighted by molar-refractivity contribution is -0.145. The van der Waals surface area contributed by atoms with Gasteiger partial charge in [0.1, 0.15) is 5.54 Å². The summed E-state index contributed by atoms with van der Waals surface area (Å²) >= 11 is 0. The SMILES string of the molecule is CC[C@@](N)(CO)C(=O)O. The van der Waals surface area contributed by atoms with Gasteiger partial charge < -0.3 is 15.9 Å². The molecule has 0 aromatic heterocycles. The fourth-order valence-electron chi connectivity index (χ4n) is 0.331. The highest BCUT2D eigenvalue weighted by Crippen LogP contribution is 2.03. The van der Waals surface area contributed by atoms with Gasteiger partial charge in [0.15, 0.2) is 0 Å². The Balaban J connectivity index is 4.09. The molecule has 0 amide bonds. The monoisotopic (exact) mass is 133 g/mol. The Bertz CT molecular complexity index is 109. The van der Waals surface area contributed by atoms with Crippen LogP contribution in [0.5, 0.6) is 0 Å². The largest absolute Gasteiger partial charge is 0.480 e. The smallest absolute Gasteiger partial charge is 0.326 e. The lowest BCUT2D eigenvalue weighted by Gasteiger charge is -2.18. The van der Waals surface area contributed by atoms with E-state index in [0.717, 1.165) is 0 Å². The Morgan fingerprint density at radius 3 is 2.22 bits per heavy atom. The van der Waals surface area contributed by atoms with Gasteiger partial charge in [-0.1, -0.05) is 6.92 Å². The summed E-state index contributed by atoms with van der Waals surface area (Å²) in [5.41, 5.74) is 3.75. The summed E-state index contributed by atoms with van der Waals surface area (Å²) in [6.07, 6.45) is 0.235. The average molecular weight is 133 g/mol. The molecule has 0 unspecified atom stereocenters. The van der Waals surface area contributed by atoms with Gasteiger partial charge in [-0.05, 0) is 6.42 Å². The van der Waals surface area contributed by atoms with Crippen molar-refractivity contribution in [1.29, 1.82) is 0 Å². The average Bonchev–Trinajstić information content (AvgIpc) is 1.86. The van der Waals surface area contributed by atoms with E-state index < -0.39 is 18.1 Å². The standard InChI is InChI=1S/C5H11NO3/c1-2-5(6,3-7)4(8)9/h7H,2-3,6H2,1H3,(H,8,9)/t5-/m1/s1. The summed E-state index contributed by atoms with van der Waals surface area (Å²) in [7, 11) is 0. The number of hydrogen-bond acceptors (Lipinski definition) is 3. The number of nitrogens with two attached hydrogens (primary N) is 1. The van der Waals surface area contributed by atoms with Crippen LogP contribution in [-0.4, -0.2) is 28.3 Å². The van der Waals surface area contributed by atoms with Crippen molar-refractivity contribution in [3.63, 3.8) is 0 Å². The molecule has 54 valence electrons. The third kappa shape index (κ3) is 1.65. The zero-order valence-corrected chi connectivity index (χ0v) is 5.29. The van der Waals surface area contributed by atoms with Gasteiger partial charge in [-0.25, -0.2) is 0 Å². The number of carboxylic acids is 1. The number of aliphatic hydroxyl groups excluding tert-OH is 1. The molecule has 0 rings (SSSR count). The van der Waals surface area contributed by atoms with Crippen molar-refractivity contribution in [3.05, 3.63) is 0 Å². The predicted octanol–water partition coefficient (Wildman–Crippen LogP) is -0.829. The quantitative estimate of drug-likeness (QED) is 0.469. The molecule has 0 heterocycles. The Morgan fingerprint density at radius 1 is 1.78 bits per heavy atom. The van der Waals surface area contributed by atoms with Crippen molar-refractivity contribution in [2.45, 2.75) is 18.9 Å². The first-order valence-electron chi connectivity index (χ1n) is 2.70. The van der Waals surface area contributed by atoms with E-state index in [4.69, 9.17) is 15.9 Å². The molecule has 0 saturated carbocycles. The first-order chi connectivity index (χ1) is 4.06. The Kier molecular flexibility index (Phi) is 2.61. The van der Waals surface area contributed by atoms with Crippen molar-refractivity contribution in [3.8, 4) is 0 Å². The minimum absolute atomic E-state index is 0.235. The van der Waals surface area contributed by atoms with E-state index in [0.29, 0.717) is 0 Å². The van der Waals surface area contributed by atoms with Crippen LogP contribution in [0.2, 0.25) is 0 Å². The normalized spacial score (nSPS) is 16.8. The Hall–Kier alpha value is -0.610. The van der Waals surface area contributed by atoms with E-state index in [1.54, 1.807) is 6.92 Å². The molecule has 0 saturated heterocycles.